The van der Waals surface area contributed by atoms with E-state index in [2.05, 4.69) is 13.8 Å². The molecule has 0 N–H and O–H groups in total. The maximum atomic E-state index is 11.0. The van der Waals surface area contributed by atoms with E-state index in [1.807, 2.05) is 0 Å². The molecule has 0 saturated carbocycles. The van der Waals surface area contributed by atoms with Crippen LogP contribution in [0.15, 0.2) is 18.2 Å². The fourth-order valence-corrected chi connectivity index (χ4v) is 1.06. The van der Waals surface area contributed by atoms with Crippen LogP contribution in [0.4, 0.5) is 0 Å². The van der Waals surface area contributed by atoms with E-state index in [9.17, 15) is 4.79 Å². The van der Waals surface area contributed by atoms with Crippen molar-refractivity contribution in [1.82, 2.24) is 0 Å². The molecule has 1 aromatic rings. The Bertz CT molecular complexity index is 332. The summed E-state index contributed by atoms with van der Waals surface area (Å²) in [5, 5.41) is 0. The fourth-order valence-electron chi connectivity index (χ4n) is 1.06. The zero-order chi connectivity index (χ0) is 12.6. The highest BCUT2D eigenvalue weighted by Crippen LogP contribution is 2.27. The smallest absolute Gasteiger partial charge is 0.161 e. The first-order chi connectivity index (χ1) is 7.60. The summed E-state index contributed by atoms with van der Waals surface area (Å²) in [6, 6.07) is 5.10. The van der Waals surface area contributed by atoms with Crippen LogP contribution in [0, 0.1) is 0 Å². The Labute approximate surface area is 97.4 Å². The van der Waals surface area contributed by atoms with E-state index in [0.29, 0.717) is 17.1 Å². The maximum Gasteiger partial charge on any atom is 0.161 e. The van der Waals surface area contributed by atoms with Gasteiger partial charge in [-0.15, -0.1) is 0 Å². The van der Waals surface area contributed by atoms with E-state index in [1.165, 1.54) is 13.3 Å². The molecule has 0 aliphatic carbocycles. The predicted octanol–water partition coefficient (Wildman–Crippen LogP) is 3.32. The van der Waals surface area contributed by atoms with E-state index >= 15 is 0 Å². The van der Waals surface area contributed by atoms with Crippen LogP contribution in [0.25, 0.3) is 0 Å². The van der Waals surface area contributed by atoms with Crippen molar-refractivity contribution in [3.05, 3.63) is 23.8 Å². The minimum atomic E-state index is 0.0148. The van der Waals surface area contributed by atoms with E-state index in [4.69, 9.17) is 9.47 Å². The van der Waals surface area contributed by atoms with Gasteiger partial charge in [0.1, 0.15) is 0 Å². The maximum absolute atomic E-state index is 11.0. The molecule has 1 aromatic carbocycles. The fraction of sp³-hybridized carbons (Fsp3) is 0.462. The molecule has 0 aliphatic rings. The number of carbonyl (C=O) groups is 1. The van der Waals surface area contributed by atoms with Gasteiger partial charge in [0.05, 0.1) is 14.2 Å². The Hall–Kier alpha value is -1.51. The Morgan fingerprint density at radius 3 is 2.00 bits per heavy atom. The van der Waals surface area contributed by atoms with Crippen LogP contribution in [0.2, 0.25) is 0 Å². The first-order valence-corrected chi connectivity index (χ1v) is 5.33. The lowest BCUT2D eigenvalue weighted by Crippen LogP contribution is -1.95. The minimum absolute atomic E-state index is 0.0148. The molecule has 16 heavy (non-hydrogen) atoms. The second kappa shape index (κ2) is 7.74. The third-order valence-electron chi connectivity index (χ3n) is 1.79. The van der Waals surface area contributed by atoms with Gasteiger partial charge in [0.15, 0.2) is 17.3 Å². The zero-order valence-corrected chi connectivity index (χ0v) is 10.7. The number of hydrogen-bond donors (Lipinski definition) is 0. The van der Waals surface area contributed by atoms with Gasteiger partial charge < -0.3 is 9.47 Å². The normalized spacial score (nSPS) is 8.81. The first-order valence-electron chi connectivity index (χ1n) is 5.33. The van der Waals surface area contributed by atoms with E-state index < -0.39 is 0 Å². The van der Waals surface area contributed by atoms with Crippen molar-refractivity contribution in [2.75, 3.05) is 14.2 Å². The molecular formula is C13H20O3. The zero-order valence-electron chi connectivity index (χ0n) is 10.7. The topological polar surface area (TPSA) is 35.5 Å². The summed E-state index contributed by atoms with van der Waals surface area (Å²) in [5.74, 6) is 1.23. The monoisotopic (exact) mass is 224 g/mol. The van der Waals surface area contributed by atoms with Crippen molar-refractivity contribution in [2.24, 2.45) is 0 Å². The van der Waals surface area contributed by atoms with Crippen molar-refractivity contribution in [1.29, 1.82) is 0 Å². The third kappa shape index (κ3) is 4.34. The molecule has 3 nitrogen and oxygen atoms in total. The van der Waals surface area contributed by atoms with Crippen LogP contribution in [0.3, 0.4) is 0 Å². The predicted molar refractivity (Wildman–Crippen MR) is 65.5 cm³/mol. The molecule has 3 heteroatoms. The standard InChI is InChI=1S/C10H12O3.C3H8/c1-7(11)8-4-5-9(12-2)10(6-8)13-3;1-3-2/h4-6H,1-3H3;3H2,1-2H3. The molecule has 0 radical (unpaired) electrons. The summed E-state index contributed by atoms with van der Waals surface area (Å²) >= 11 is 0. The van der Waals surface area contributed by atoms with E-state index in [-0.39, 0.29) is 5.78 Å². The number of methoxy groups -OCH3 is 2. The van der Waals surface area contributed by atoms with Crippen molar-refractivity contribution in [2.45, 2.75) is 27.2 Å². The van der Waals surface area contributed by atoms with Gasteiger partial charge >= 0.3 is 0 Å². The van der Waals surface area contributed by atoms with Crippen molar-refractivity contribution in [3.8, 4) is 11.5 Å². The van der Waals surface area contributed by atoms with Crippen LogP contribution < -0.4 is 9.47 Å². The SMILES string of the molecule is CCC.COc1ccc(C(C)=O)cc1OC. The van der Waals surface area contributed by atoms with Crippen LogP contribution in [-0.4, -0.2) is 20.0 Å². The van der Waals surface area contributed by atoms with Gasteiger partial charge in [-0.2, -0.15) is 0 Å². The lowest BCUT2D eigenvalue weighted by Gasteiger charge is -2.07. The Morgan fingerprint density at radius 1 is 1.12 bits per heavy atom. The van der Waals surface area contributed by atoms with Crippen molar-refractivity contribution >= 4 is 5.78 Å². The van der Waals surface area contributed by atoms with Gasteiger partial charge in [0.2, 0.25) is 0 Å². The van der Waals surface area contributed by atoms with Crippen LogP contribution in [0.5, 0.6) is 11.5 Å². The second-order valence-electron chi connectivity index (χ2n) is 3.33. The molecular weight excluding hydrogens is 204 g/mol. The van der Waals surface area contributed by atoms with E-state index in [0.717, 1.165) is 0 Å². The summed E-state index contributed by atoms with van der Waals surface area (Å²) in [6.45, 7) is 5.77. The Morgan fingerprint density at radius 2 is 1.62 bits per heavy atom. The number of ketones is 1. The lowest BCUT2D eigenvalue weighted by molar-refractivity contribution is 0.101. The molecule has 90 valence electrons. The van der Waals surface area contributed by atoms with Gasteiger partial charge in [-0.1, -0.05) is 20.3 Å². The van der Waals surface area contributed by atoms with Gasteiger partial charge in [-0.25, -0.2) is 0 Å². The number of carbonyl (C=O) groups excluding carboxylic acids is 1. The molecule has 0 saturated heterocycles. The highest BCUT2D eigenvalue weighted by atomic mass is 16.5. The number of hydrogen-bond acceptors (Lipinski definition) is 3. The summed E-state index contributed by atoms with van der Waals surface area (Å²) in [6.07, 6.45) is 1.25. The van der Waals surface area contributed by atoms with Crippen LogP contribution in [-0.2, 0) is 0 Å². The van der Waals surface area contributed by atoms with E-state index in [1.54, 1.807) is 32.4 Å². The van der Waals surface area contributed by atoms with Crippen molar-refractivity contribution < 1.29 is 14.3 Å². The number of Topliss-reactive ketones (excluding diaryl/α,β-unsaturated/α-hetero) is 1. The van der Waals surface area contributed by atoms with Gasteiger partial charge in [0, 0.05) is 5.56 Å². The van der Waals surface area contributed by atoms with Crippen LogP contribution in [0.1, 0.15) is 37.6 Å². The minimum Gasteiger partial charge on any atom is -0.493 e. The molecule has 0 fully saturated rings. The van der Waals surface area contributed by atoms with Gasteiger partial charge in [-0.3, -0.25) is 4.79 Å². The largest absolute Gasteiger partial charge is 0.493 e. The second-order valence-corrected chi connectivity index (χ2v) is 3.33. The quantitative estimate of drug-likeness (QED) is 0.739. The Balaban J connectivity index is 0.000000673. The number of rotatable bonds is 3. The van der Waals surface area contributed by atoms with Crippen molar-refractivity contribution in [3.63, 3.8) is 0 Å². The average molecular weight is 224 g/mol. The van der Waals surface area contributed by atoms with Gasteiger partial charge in [-0.05, 0) is 25.1 Å². The summed E-state index contributed by atoms with van der Waals surface area (Å²) < 4.78 is 10.1. The highest BCUT2D eigenvalue weighted by molar-refractivity contribution is 5.94. The van der Waals surface area contributed by atoms with Crippen LogP contribution >= 0.6 is 0 Å². The van der Waals surface area contributed by atoms with Gasteiger partial charge in [0.25, 0.3) is 0 Å². The molecule has 0 aliphatic heterocycles. The number of benzene rings is 1. The first kappa shape index (κ1) is 14.5. The molecule has 0 bridgehead atoms. The molecule has 1 rings (SSSR count). The highest BCUT2D eigenvalue weighted by Gasteiger charge is 2.06. The summed E-state index contributed by atoms with van der Waals surface area (Å²) in [4.78, 5) is 11.0. The molecule has 0 aromatic heterocycles. The third-order valence-corrected chi connectivity index (χ3v) is 1.79. The molecule has 0 spiro atoms. The number of ether oxygens (including phenoxy) is 2. The summed E-state index contributed by atoms with van der Waals surface area (Å²) in [5.41, 5.74) is 0.623. The average Bonchev–Trinajstić information content (AvgIpc) is 2.29. The molecule has 0 amide bonds. The lowest BCUT2D eigenvalue weighted by atomic mass is 10.1. The summed E-state index contributed by atoms with van der Waals surface area (Å²) in [7, 11) is 3.10. The molecule has 0 atom stereocenters. The Kier molecular flexibility index (Phi) is 7.01. The molecule has 0 heterocycles. The molecule has 0 unspecified atom stereocenters.